The van der Waals surface area contributed by atoms with Gasteiger partial charge in [0.2, 0.25) is 15.9 Å². The number of nitriles is 1. The van der Waals surface area contributed by atoms with Crippen molar-refractivity contribution in [3.05, 3.63) is 94.0 Å². The molecular weight excluding hydrogens is 552 g/mol. The van der Waals surface area contributed by atoms with Crippen LogP contribution in [0.5, 0.6) is 0 Å². The summed E-state index contributed by atoms with van der Waals surface area (Å²) in [6, 6.07) is 15.7. The van der Waals surface area contributed by atoms with E-state index in [0.717, 1.165) is 24.5 Å². The number of rotatable bonds is 9. The first-order valence-corrected chi connectivity index (χ1v) is 14.8. The predicted molar refractivity (Wildman–Crippen MR) is 150 cm³/mol. The highest BCUT2D eigenvalue weighted by Gasteiger charge is 2.26. The summed E-state index contributed by atoms with van der Waals surface area (Å²) in [4.78, 5) is 25.9. The van der Waals surface area contributed by atoms with Gasteiger partial charge in [0.15, 0.2) is 11.6 Å². The molecule has 0 aromatic heterocycles. The number of aromatic carboxylic acids is 1. The fraction of sp³-hybridized carbons (Fsp3) is 0.300. The minimum Gasteiger partial charge on any atom is -0.478 e. The first kappa shape index (κ1) is 29.7. The normalized spacial score (nSPS) is 13.8. The number of carbonyl (C=O) groups is 2. The van der Waals surface area contributed by atoms with Crippen LogP contribution in [0.4, 0.5) is 20.2 Å². The second-order valence-electron chi connectivity index (χ2n) is 10.1. The van der Waals surface area contributed by atoms with Gasteiger partial charge in [-0.2, -0.15) is 5.26 Å². The molecule has 1 saturated carbocycles. The number of halogens is 2. The summed E-state index contributed by atoms with van der Waals surface area (Å²) < 4.78 is 56.4. The van der Waals surface area contributed by atoms with Gasteiger partial charge in [0.05, 0.1) is 29.4 Å². The largest absolute Gasteiger partial charge is 0.478 e. The van der Waals surface area contributed by atoms with E-state index in [1.54, 1.807) is 6.07 Å². The van der Waals surface area contributed by atoms with Gasteiger partial charge in [-0.1, -0.05) is 43.5 Å². The number of hydrogen-bond donors (Lipinski definition) is 2. The second kappa shape index (κ2) is 12.5. The minimum absolute atomic E-state index is 0.0161. The number of amides is 1. The van der Waals surface area contributed by atoms with E-state index in [1.165, 1.54) is 60.9 Å². The fourth-order valence-electron chi connectivity index (χ4n) is 4.97. The molecule has 214 valence electrons. The van der Waals surface area contributed by atoms with E-state index in [-0.39, 0.29) is 28.9 Å². The highest BCUT2D eigenvalue weighted by molar-refractivity contribution is 7.93. The van der Waals surface area contributed by atoms with Crippen LogP contribution < -0.4 is 9.62 Å². The van der Waals surface area contributed by atoms with Crippen LogP contribution in [0.15, 0.2) is 54.6 Å². The quantitative estimate of drug-likeness (QED) is 0.326. The van der Waals surface area contributed by atoms with Gasteiger partial charge in [0, 0.05) is 11.3 Å². The molecule has 0 radical (unpaired) electrons. The third-order valence-electron chi connectivity index (χ3n) is 7.27. The van der Waals surface area contributed by atoms with Gasteiger partial charge in [-0.05, 0) is 67.1 Å². The molecular formula is C30H29F2N3O5S. The number of anilines is 2. The molecule has 0 atom stereocenters. The van der Waals surface area contributed by atoms with E-state index >= 15 is 0 Å². The lowest BCUT2D eigenvalue weighted by Crippen LogP contribution is -2.37. The van der Waals surface area contributed by atoms with Crippen molar-refractivity contribution in [2.45, 2.75) is 51.5 Å². The van der Waals surface area contributed by atoms with Gasteiger partial charge < -0.3 is 10.0 Å². The van der Waals surface area contributed by atoms with Crippen molar-refractivity contribution in [3.63, 3.8) is 0 Å². The minimum atomic E-state index is -4.55. The molecule has 1 fully saturated rings. The molecule has 2 N–H and O–H groups in total. The zero-order valence-corrected chi connectivity index (χ0v) is 23.2. The number of nitrogens with zero attached hydrogens (tertiary/aromatic N) is 2. The number of hydrogen-bond acceptors (Lipinski definition) is 5. The van der Waals surface area contributed by atoms with E-state index in [9.17, 15) is 37.2 Å². The third kappa shape index (κ3) is 7.08. The van der Waals surface area contributed by atoms with Crippen LogP contribution >= 0.6 is 0 Å². The van der Waals surface area contributed by atoms with E-state index < -0.39 is 45.0 Å². The molecule has 0 spiro atoms. The Labute approximate surface area is 237 Å². The monoisotopic (exact) mass is 581 g/mol. The van der Waals surface area contributed by atoms with Gasteiger partial charge >= 0.3 is 5.97 Å². The Morgan fingerprint density at radius 2 is 1.66 bits per heavy atom. The van der Waals surface area contributed by atoms with Crippen LogP contribution in [0.25, 0.3) is 0 Å². The van der Waals surface area contributed by atoms with Gasteiger partial charge in [-0.3, -0.25) is 9.52 Å². The van der Waals surface area contributed by atoms with Crippen LogP contribution in [-0.4, -0.2) is 31.2 Å². The smallest absolute Gasteiger partial charge is 0.335 e. The lowest BCUT2D eigenvalue weighted by Gasteiger charge is -2.25. The van der Waals surface area contributed by atoms with Gasteiger partial charge in [-0.15, -0.1) is 0 Å². The maximum absolute atomic E-state index is 14.5. The molecule has 4 rings (SSSR count). The fourth-order valence-corrected chi connectivity index (χ4v) is 6.01. The van der Waals surface area contributed by atoms with Gasteiger partial charge in [-0.25, -0.2) is 22.0 Å². The van der Waals surface area contributed by atoms with Crippen molar-refractivity contribution in [1.82, 2.24) is 0 Å². The SMILES string of the molecule is Cc1c(C#N)cc(NS(=O)(=O)CC(=O)N(Cc2ccc(C3CCCCC3)cc2)c2ccc(C(=O)O)cc2)c(F)c1F. The predicted octanol–water partition coefficient (Wildman–Crippen LogP) is 5.87. The molecule has 0 saturated heterocycles. The summed E-state index contributed by atoms with van der Waals surface area (Å²) in [5.41, 5.74) is 0.847. The number of nitrogens with one attached hydrogen (secondary N) is 1. The summed E-state index contributed by atoms with van der Waals surface area (Å²) >= 11 is 0. The molecule has 0 unspecified atom stereocenters. The van der Waals surface area contributed by atoms with E-state index in [2.05, 4.69) is 0 Å². The molecule has 0 heterocycles. The topological polar surface area (TPSA) is 128 Å². The summed E-state index contributed by atoms with van der Waals surface area (Å²) in [5.74, 6) is -5.55. The lowest BCUT2D eigenvalue weighted by molar-refractivity contribution is -0.116. The van der Waals surface area contributed by atoms with Crippen LogP contribution in [-0.2, 0) is 21.4 Å². The van der Waals surface area contributed by atoms with Crippen LogP contribution in [0.2, 0.25) is 0 Å². The number of carboxylic acids is 1. The molecule has 1 aliphatic rings. The molecule has 8 nitrogen and oxygen atoms in total. The zero-order valence-electron chi connectivity index (χ0n) is 22.4. The van der Waals surface area contributed by atoms with E-state index in [0.29, 0.717) is 5.92 Å². The van der Waals surface area contributed by atoms with Crippen molar-refractivity contribution in [2.24, 2.45) is 0 Å². The van der Waals surface area contributed by atoms with Crippen LogP contribution in [0.3, 0.4) is 0 Å². The van der Waals surface area contributed by atoms with Crippen molar-refractivity contribution in [1.29, 1.82) is 5.26 Å². The van der Waals surface area contributed by atoms with E-state index in [4.69, 9.17) is 0 Å². The summed E-state index contributed by atoms with van der Waals surface area (Å²) in [6.07, 6.45) is 5.83. The maximum Gasteiger partial charge on any atom is 0.335 e. The Morgan fingerprint density at radius 3 is 2.24 bits per heavy atom. The van der Waals surface area contributed by atoms with Crippen molar-refractivity contribution >= 4 is 33.3 Å². The van der Waals surface area contributed by atoms with Gasteiger partial charge in [0.25, 0.3) is 0 Å². The Balaban J connectivity index is 1.59. The number of carboxylic acid groups (broad SMARTS) is 1. The maximum atomic E-state index is 14.5. The second-order valence-corrected chi connectivity index (χ2v) is 11.8. The summed E-state index contributed by atoms with van der Waals surface area (Å²) in [5, 5.41) is 18.4. The Hall–Kier alpha value is -4.30. The molecule has 3 aromatic rings. The van der Waals surface area contributed by atoms with Crippen molar-refractivity contribution in [2.75, 3.05) is 15.4 Å². The molecule has 0 bridgehead atoms. The summed E-state index contributed by atoms with van der Waals surface area (Å²) in [6.45, 7) is 1.17. The molecule has 3 aromatic carbocycles. The molecule has 11 heteroatoms. The number of carbonyl (C=O) groups excluding carboxylic acids is 1. The lowest BCUT2D eigenvalue weighted by atomic mass is 9.84. The first-order chi connectivity index (χ1) is 19.5. The average Bonchev–Trinajstić information content (AvgIpc) is 2.96. The van der Waals surface area contributed by atoms with E-state index in [1.807, 2.05) is 29.0 Å². The van der Waals surface area contributed by atoms with Gasteiger partial charge in [0.1, 0.15) is 5.75 Å². The highest BCUT2D eigenvalue weighted by Crippen LogP contribution is 2.33. The third-order valence-corrected chi connectivity index (χ3v) is 8.43. The number of sulfonamides is 1. The Bertz CT molecular complexity index is 1600. The molecule has 1 aliphatic carbocycles. The number of benzene rings is 3. The van der Waals surface area contributed by atoms with Crippen molar-refractivity contribution < 1.29 is 31.9 Å². The molecule has 41 heavy (non-hydrogen) atoms. The zero-order chi connectivity index (χ0) is 29.7. The summed E-state index contributed by atoms with van der Waals surface area (Å²) in [7, 11) is -4.55. The Kier molecular flexibility index (Phi) is 9.03. The van der Waals surface area contributed by atoms with Crippen LogP contribution in [0.1, 0.15) is 70.6 Å². The average molecular weight is 582 g/mol. The molecule has 0 aliphatic heterocycles. The molecule has 1 amide bonds. The Morgan fingerprint density at radius 1 is 1.02 bits per heavy atom. The standard InChI is InChI=1S/C30H29F2N3O5S/c1-19-24(16-33)15-26(29(32)28(19)31)34-41(39,40)18-27(36)35(25-13-11-23(12-14-25)30(37)38)17-20-7-9-22(10-8-20)21-5-3-2-4-6-21/h7-15,21,34H,2-6,17-18H2,1H3,(H,37,38). The van der Waals surface area contributed by atoms with Crippen LogP contribution in [0, 0.1) is 29.9 Å². The van der Waals surface area contributed by atoms with Crippen molar-refractivity contribution in [3.8, 4) is 6.07 Å². The highest BCUT2D eigenvalue weighted by atomic mass is 32.2. The first-order valence-electron chi connectivity index (χ1n) is 13.1.